The summed E-state index contributed by atoms with van der Waals surface area (Å²) in [6.45, 7) is 3.47. The highest BCUT2D eigenvalue weighted by molar-refractivity contribution is 5.95. The molecule has 1 aromatic carbocycles. The zero-order valence-corrected chi connectivity index (χ0v) is 10.1. The molecule has 0 aromatic heterocycles. The predicted octanol–water partition coefficient (Wildman–Crippen LogP) is 1.60. The Morgan fingerprint density at radius 3 is 2.26 bits per heavy atom. The lowest BCUT2D eigenvalue weighted by Crippen LogP contribution is -2.43. The normalized spacial score (nSPS) is 16.3. The summed E-state index contributed by atoms with van der Waals surface area (Å²) in [7, 11) is 0. The molecule has 104 valence electrons. The number of alkyl halides is 3. The molecule has 19 heavy (non-hydrogen) atoms. The number of carbonyl (C=O) groups excluding carboxylic acids is 1. The molecule has 0 saturated carbocycles. The van der Waals surface area contributed by atoms with Crippen molar-refractivity contribution in [1.82, 2.24) is 5.32 Å². The predicted molar refractivity (Wildman–Crippen MR) is 66.2 cm³/mol. The van der Waals surface area contributed by atoms with Gasteiger partial charge in [-0.05, 0) is 24.3 Å². The van der Waals surface area contributed by atoms with Crippen molar-refractivity contribution in [3.05, 3.63) is 24.3 Å². The van der Waals surface area contributed by atoms with Crippen molar-refractivity contribution >= 4 is 17.3 Å². The Morgan fingerprint density at radius 2 is 1.74 bits per heavy atom. The number of hydrogen-bond donors (Lipinski definition) is 2. The van der Waals surface area contributed by atoms with E-state index >= 15 is 0 Å². The molecule has 4 nitrogen and oxygen atoms in total. The quantitative estimate of drug-likeness (QED) is 0.860. The van der Waals surface area contributed by atoms with Gasteiger partial charge in [0.15, 0.2) is 0 Å². The van der Waals surface area contributed by atoms with Crippen LogP contribution < -0.4 is 15.5 Å². The molecule has 0 spiro atoms. The molecule has 0 unspecified atom stereocenters. The molecule has 1 fully saturated rings. The van der Waals surface area contributed by atoms with Crippen molar-refractivity contribution in [2.24, 2.45) is 0 Å². The van der Waals surface area contributed by atoms with Crippen molar-refractivity contribution in [3.63, 3.8) is 0 Å². The molecular formula is C12H14F3N3O. The van der Waals surface area contributed by atoms with E-state index in [1.54, 1.807) is 12.1 Å². The molecule has 0 bridgehead atoms. The lowest BCUT2D eigenvalue weighted by molar-refractivity contribution is -0.167. The first kappa shape index (κ1) is 13.7. The van der Waals surface area contributed by atoms with Gasteiger partial charge in [-0.2, -0.15) is 13.2 Å². The largest absolute Gasteiger partial charge is 0.471 e. The van der Waals surface area contributed by atoms with Gasteiger partial charge in [-0.25, -0.2) is 0 Å². The van der Waals surface area contributed by atoms with Gasteiger partial charge in [0.1, 0.15) is 0 Å². The van der Waals surface area contributed by atoms with Crippen LogP contribution in [-0.4, -0.2) is 38.3 Å². The maximum absolute atomic E-state index is 12.1. The molecule has 0 aliphatic carbocycles. The Labute approximate surface area is 108 Å². The van der Waals surface area contributed by atoms with Crippen LogP contribution in [-0.2, 0) is 4.79 Å². The summed E-state index contributed by atoms with van der Waals surface area (Å²) in [5.74, 6) is -1.96. The third kappa shape index (κ3) is 3.60. The molecule has 1 saturated heterocycles. The Bertz CT molecular complexity index is 439. The minimum absolute atomic E-state index is 0.140. The molecule has 2 N–H and O–H groups in total. The highest BCUT2D eigenvalue weighted by Gasteiger charge is 2.38. The molecule has 1 amide bonds. The topological polar surface area (TPSA) is 44.4 Å². The van der Waals surface area contributed by atoms with E-state index in [4.69, 9.17) is 0 Å². The Kier molecular flexibility index (Phi) is 3.94. The highest BCUT2D eigenvalue weighted by atomic mass is 19.4. The zero-order valence-electron chi connectivity index (χ0n) is 10.1. The van der Waals surface area contributed by atoms with Gasteiger partial charge in [0, 0.05) is 37.6 Å². The first-order chi connectivity index (χ1) is 8.97. The van der Waals surface area contributed by atoms with Gasteiger partial charge in [-0.3, -0.25) is 4.79 Å². The van der Waals surface area contributed by atoms with Gasteiger partial charge >= 0.3 is 12.1 Å². The average molecular weight is 273 g/mol. The summed E-state index contributed by atoms with van der Waals surface area (Å²) in [5, 5.41) is 5.03. The van der Waals surface area contributed by atoms with E-state index in [9.17, 15) is 18.0 Å². The second-order valence-electron chi connectivity index (χ2n) is 4.24. The maximum atomic E-state index is 12.1. The fourth-order valence-electron chi connectivity index (χ4n) is 1.88. The van der Waals surface area contributed by atoms with Crippen molar-refractivity contribution in [2.75, 3.05) is 36.4 Å². The maximum Gasteiger partial charge on any atom is 0.471 e. The molecule has 0 atom stereocenters. The van der Waals surface area contributed by atoms with E-state index < -0.39 is 12.1 Å². The minimum atomic E-state index is -4.86. The van der Waals surface area contributed by atoms with Crippen molar-refractivity contribution in [3.8, 4) is 0 Å². The number of benzene rings is 1. The number of nitrogens with zero attached hydrogens (tertiary/aromatic N) is 1. The molecular weight excluding hydrogens is 259 g/mol. The lowest BCUT2D eigenvalue weighted by Gasteiger charge is -2.29. The number of nitrogens with one attached hydrogen (secondary N) is 2. The fraction of sp³-hybridized carbons (Fsp3) is 0.417. The first-order valence-electron chi connectivity index (χ1n) is 5.91. The van der Waals surface area contributed by atoms with Gasteiger partial charge < -0.3 is 15.5 Å². The van der Waals surface area contributed by atoms with Crippen LogP contribution in [0.1, 0.15) is 0 Å². The monoisotopic (exact) mass is 273 g/mol. The second-order valence-corrected chi connectivity index (χ2v) is 4.24. The summed E-state index contributed by atoms with van der Waals surface area (Å²) < 4.78 is 36.2. The Morgan fingerprint density at radius 1 is 1.16 bits per heavy atom. The molecule has 1 heterocycles. The standard InChI is InChI=1S/C12H14F3N3O/c13-12(14,15)11(19)17-9-1-3-10(4-2-9)18-7-5-16-6-8-18/h1-4,16H,5-8H2,(H,17,19). The van der Waals surface area contributed by atoms with E-state index in [1.807, 2.05) is 5.32 Å². The van der Waals surface area contributed by atoms with Crippen LogP contribution in [0.2, 0.25) is 0 Å². The average Bonchev–Trinajstić information content (AvgIpc) is 2.39. The summed E-state index contributed by atoms with van der Waals surface area (Å²) in [5.41, 5.74) is 1.08. The number of amides is 1. The molecule has 1 aromatic rings. The number of halogens is 3. The van der Waals surface area contributed by atoms with Gasteiger partial charge in [0.25, 0.3) is 0 Å². The minimum Gasteiger partial charge on any atom is -0.369 e. The van der Waals surface area contributed by atoms with Crippen LogP contribution in [0.5, 0.6) is 0 Å². The van der Waals surface area contributed by atoms with E-state index in [0.717, 1.165) is 31.9 Å². The van der Waals surface area contributed by atoms with Crippen LogP contribution in [0, 0.1) is 0 Å². The van der Waals surface area contributed by atoms with E-state index in [0.29, 0.717) is 0 Å². The molecule has 1 aliphatic rings. The van der Waals surface area contributed by atoms with Gasteiger partial charge in [-0.15, -0.1) is 0 Å². The second kappa shape index (κ2) is 5.48. The number of carbonyl (C=O) groups is 1. The zero-order chi connectivity index (χ0) is 13.9. The van der Waals surface area contributed by atoms with E-state index in [2.05, 4.69) is 10.2 Å². The third-order valence-corrected chi connectivity index (χ3v) is 2.86. The van der Waals surface area contributed by atoms with Crippen molar-refractivity contribution < 1.29 is 18.0 Å². The fourth-order valence-corrected chi connectivity index (χ4v) is 1.88. The number of hydrogen-bond acceptors (Lipinski definition) is 3. The summed E-state index contributed by atoms with van der Waals surface area (Å²) in [4.78, 5) is 12.9. The Balaban J connectivity index is 2.00. The van der Waals surface area contributed by atoms with Gasteiger partial charge in [-0.1, -0.05) is 0 Å². The van der Waals surface area contributed by atoms with Crippen molar-refractivity contribution in [2.45, 2.75) is 6.18 Å². The summed E-state index contributed by atoms with van der Waals surface area (Å²) in [6, 6.07) is 6.36. The molecule has 2 rings (SSSR count). The van der Waals surface area contributed by atoms with E-state index in [1.165, 1.54) is 12.1 Å². The van der Waals surface area contributed by atoms with Gasteiger partial charge in [0.2, 0.25) is 0 Å². The van der Waals surface area contributed by atoms with Crippen LogP contribution in [0.3, 0.4) is 0 Å². The lowest BCUT2D eigenvalue weighted by atomic mass is 10.2. The number of anilines is 2. The number of piperazine rings is 1. The molecule has 1 aliphatic heterocycles. The smallest absolute Gasteiger partial charge is 0.369 e. The molecule has 7 heteroatoms. The van der Waals surface area contributed by atoms with Crippen LogP contribution >= 0.6 is 0 Å². The first-order valence-corrected chi connectivity index (χ1v) is 5.91. The third-order valence-electron chi connectivity index (χ3n) is 2.86. The van der Waals surface area contributed by atoms with Crippen LogP contribution in [0.4, 0.5) is 24.5 Å². The molecule has 0 radical (unpaired) electrons. The van der Waals surface area contributed by atoms with E-state index in [-0.39, 0.29) is 5.69 Å². The van der Waals surface area contributed by atoms with Crippen LogP contribution in [0.25, 0.3) is 0 Å². The summed E-state index contributed by atoms with van der Waals surface area (Å²) in [6.07, 6.45) is -4.86. The highest BCUT2D eigenvalue weighted by Crippen LogP contribution is 2.21. The SMILES string of the molecule is O=C(Nc1ccc(N2CCNCC2)cc1)C(F)(F)F. The van der Waals surface area contributed by atoms with Gasteiger partial charge in [0.05, 0.1) is 0 Å². The van der Waals surface area contributed by atoms with Crippen molar-refractivity contribution in [1.29, 1.82) is 0 Å². The summed E-state index contributed by atoms with van der Waals surface area (Å²) >= 11 is 0. The van der Waals surface area contributed by atoms with Crippen LogP contribution in [0.15, 0.2) is 24.3 Å². The number of rotatable bonds is 2. The Hall–Kier alpha value is -1.76.